The van der Waals surface area contributed by atoms with Crippen LogP contribution in [0.2, 0.25) is 0 Å². The van der Waals surface area contributed by atoms with Crippen molar-refractivity contribution in [3.8, 4) is 11.5 Å². The molecule has 12 heteroatoms. The molecule has 0 aromatic heterocycles. The number of benzene rings is 3. The monoisotopic (exact) mass is 555 g/mol. The summed E-state index contributed by atoms with van der Waals surface area (Å²) < 4.78 is 63.9. The first-order valence-electron chi connectivity index (χ1n) is 10.1. The summed E-state index contributed by atoms with van der Waals surface area (Å²) in [7, 11) is 0. The smallest absolute Gasteiger partial charge is 0.416 e. The average Bonchev–Trinajstić information content (AvgIpc) is 2.78. The minimum Gasteiger partial charge on any atom is -0.490 e. The number of nitrogens with one attached hydrogen (secondary N) is 1. The van der Waals surface area contributed by atoms with E-state index >= 15 is 0 Å². The molecule has 0 fully saturated rings. The number of hydrogen-bond donors (Lipinski definition) is 1. The number of rotatable bonds is 9. The molecule has 0 aliphatic carbocycles. The van der Waals surface area contributed by atoms with Crippen LogP contribution in [0.15, 0.2) is 64.2 Å². The van der Waals surface area contributed by atoms with Crippen LogP contribution in [-0.4, -0.2) is 17.7 Å². The Bertz CT molecular complexity index is 1250. The van der Waals surface area contributed by atoms with E-state index in [1.54, 1.807) is 31.2 Å². The predicted octanol–water partition coefficient (Wildman–Crippen LogP) is 6.94. The second-order valence-electron chi connectivity index (χ2n) is 7.04. The van der Waals surface area contributed by atoms with Crippen molar-refractivity contribution in [2.24, 2.45) is 5.10 Å². The summed E-state index contributed by atoms with van der Waals surface area (Å²) in [6, 6.07) is 11.3. The van der Waals surface area contributed by atoms with Crippen molar-refractivity contribution >= 4 is 33.5 Å². The van der Waals surface area contributed by atoms with Gasteiger partial charge in [0.25, 0.3) is 5.69 Å². The van der Waals surface area contributed by atoms with E-state index in [-0.39, 0.29) is 18.1 Å². The first-order chi connectivity index (χ1) is 16.6. The predicted molar refractivity (Wildman–Crippen MR) is 125 cm³/mol. The number of nitro groups is 1. The molecule has 3 rings (SSSR count). The molecule has 3 aromatic rings. The summed E-state index contributed by atoms with van der Waals surface area (Å²) in [5, 5.41) is 15.1. The van der Waals surface area contributed by atoms with Crippen molar-refractivity contribution < 1.29 is 32.0 Å². The highest BCUT2D eigenvalue weighted by atomic mass is 79.9. The lowest BCUT2D eigenvalue weighted by Gasteiger charge is -2.15. The molecule has 0 bridgehead atoms. The molecule has 0 atom stereocenters. The van der Waals surface area contributed by atoms with Gasteiger partial charge in [-0.1, -0.05) is 12.1 Å². The van der Waals surface area contributed by atoms with Gasteiger partial charge in [-0.15, -0.1) is 0 Å². The third kappa shape index (κ3) is 6.92. The molecule has 0 unspecified atom stereocenters. The number of alkyl halides is 3. The van der Waals surface area contributed by atoms with Crippen LogP contribution in [0, 0.1) is 15.9 Å². The molecule has 0 spiro atoms. The lowest BCUT2D eigenvalue weighted by Crippen LogP contribution is -2.06. The van der Waals surface area contributed by atoms with Gasteiger partial charge in [-0.3, -0.25) is 15.5 Å². The van der Waals surface area contributed by atoms with Gasteiger partial charge < -0.3 is 9.47 Å². The van der Waals surface area contributed by atoms with Crippen LogP contribution in [0.1, 0.15) is 23.6 Å². The fraction of sp³-hybridized carbons (Fsp3) is 0.174. The standard InChI is InChI=1S/C23H18BrF4N3O4/c1-2-34-21-10-15(9-18(24)22(21)35-13-14-4-3-5-17(25)8-14)12-29-30-19-7-6-16(23(26,27)28)11-20(19)31(32)33/h3-12,30H,2,13H2,1H3/b29-12-. The molecule has 184 valence electrons. The van der Waals surface area contributed by atoms with Crippen LogP contribution < -0.4 is 14.9 Å². The normalized spacial score (nSPS) is 11.5. The third-order valence-corrected chi connectivity index (χ3v) is 5.11. The Morgan fingerprint density at radius 3 is 2.57 bits per heavy atom. The minimum absolute atomic E-state index is 0.0863. The Balaban J connectivity index is 1.80. The van der Waals surface area contributed by atoms with Crippen LogP contribution in [0.4, 0.5) is 28.9 Å². The summed E-state index contributed by atoms with van der Waals surface area (Å²) in [4.78, 5) is 10.3. The largest absolute Gasteiger partial charge is 0.490 e. The Hall–Kier alpha value is -3.67. The molecule has 0 saturated heterocycles. The number of halogens is 5. The minimum atomic E-state index is -4.72. The summed E-state index contributed by atoms with van der Waals surface area (Å²) in [6.07, 6.45) is -3.40. The molecular formula is C23H18BrF4N3O4. The van der Waals surface area contributed by atoms with Crippen LogP contribution in [0.5, 0.6) is 11.5 Å². The molecule has 35 heavy (non-hydrogen) atoms. The number of hydrogen-bond acceptors (Lipinski definition) is 6. The van der Waals surface area contributed by atoms with Crippen molar-refractivity contribution in [1.29, 1.82) is 0 Å². The van der Waals surface area contributed by atoms with Crippen LogP contribution >= 0.6 is 15.9 Å². The fourth-order valence-corrected chi connectivity index (χ4v) is 3.55. The van der Waals surface area contributed by atoms with Gasteiger partial charge in [-0.2, -0.15) is 18.3 Å². The number of nitrogens with zero attached hydrogens (tertiary/aromatic N) is 2. The van der Waals surface area contributed by atoms with E-state index in [4.69, 9.17) is 9.47 Å². The van der Waals surface area contributed by atoms with Gasteiger partial charge in [-0.25, -0.2) is 4.39 Å². The zero-order valence-corrected chi connectivity index (χ0v) is 19.7. The van der Waals surface area contributed by atoms with Gasteiger partial charge in [0.15, 0.2) is 11.5 Å². The molecular weight excluding hydrogens is 538 g/mol. The SMILES string of the molecule is CCOc1cc(/C=N\Nc2ccc(C(F)(F)F)cc2[N+](=O)[O-])cc(Br)c1OCc1cccc(F)c1. The molecule has 0 radical (unpaired) electrons. The van der Waals surface area contributed by atoms with Crippen LogP contribution in [0.25, 0.3) is 0 Å². The topological polar surface area (TPSA) is 86.0 Å². The molecule has 0 heterocycles. The van der Waals surface area contributed by atoms with E-state index < -0.39 is 22.4 Å². The number of ether oxygens (including phenoxy) is 2. The van der Waals surface area contributed by atoms with Gasteiger partial charge in [0.1, 0.15) is 18.1 Å². The van der Waals surface area contributed by atoms with Crippen molar-refractivity contribution in [3.05, 3.63) is 91.7 Å². The summed E-state index contributed by atoms with van der Waals surface area (Å²) in [6.45, 7) is 2.18. The first kappa shape index (κ1) is 25.9. The maximum absolute atomic E-state index is 13.4. The fourth-order valence-electron chi connectivity index (χ4n) is 2.98. The molecule has 0 aliphatic heterocycles. The molecule has 0 aliphatic rings. The highest BCUT2D eigenvalue weighted by molar-refractivity contribution is 9.10. The highest BCUT2D eigenvalue weighted by Crippen LogP contribution is 2.38. The van der Waals surface area contributed by atoms with E-state index in [1.807, 2.05) is 0 Å². The van der Waals surface area contributed by atoms with Crippen molar-refractivity contribution in [2.75, 3.05) is 12.0 Å². The average molecular weight is 556 g/mol. The van der Waals surface area contributed by atoms with Crippen LogP contribution in [-0.2, 0) is 12.8 Å². The Morgan fingerprint density at radius 2 is 1.91 bits per heavy atom. The summed E-state index contributed by atoms with van der Waals surface area (Å²) in [5.74, 6) is 0.349. The summed E-state index contributed by atoms with van der Waals surface area (Å²) in [5.41, 5.74) is 1.40. The molecule has 7 nitrogen and oxygen atoms in total. The maximum atomic E-state index is 13.4. The van der Waals surface area contributed by atoms with E-state index in [1.165, 1.54) is 18.3 Å². The maximum Gasteiger partial charge on any atom is 0.416 e. The lowest BCUT2D eigenvalue weighted by atomic mass is 10.1. The molecule has 0 amide bonds. The number of hydrazone groups is 1. The first-order valence-corrected chi connectivity index (χ1v) is 10.9. The van der Waals surface area contributed by atoms with Crippen LogP contribution in [0.3, 0.4) is 0 Å². The zero-order valence-electron chi connectivity index (χ0n) is 18.1. The highest BCUT2D eigenvalue weighted by Gasteiger charge is 2.33. The lowest BCUT2D eigenvalue weighted by molar-refractivity contribution is -0.384. The Kier molecular flexibility index (Phi) is 8.28. The second-order valence-corrected chi connectivity index (χ2v) is 7.89. The number of nitro benzene ring substituents is 1. The van der Waals surface area contributed by atoms with E-state index in [0.717, 1.165) is 12.1 Å². The summed E-state index contributed by atoms with van der Waals surface area (Å²) >= 11 is 3.39. The van der Waals surface area contributed by atoms with Gasteiger partial charge >= 0.3 is 6.18 Å². The van der Waals surface area contributed by atoms with Gasteiger partial charge in [0.05, 0.1) is 27.8 Å². The zero-order chi connectivity index (χ0) is 25.6. The third-order valence-electron chi connectivity index (χ3n) is 4.52. The Morgan fingerprint density at radius 1 is 1.14 bits per heavy atom. The molecule has 0 saturated carbocycles. The van der Waals surface area contributed by atoms with Gasteiger partial charge in [-0.05, 0) is 70.4 Å². The number of anilines is 1. The molecule has 1 N–H and O–H groups in total. The van der Waals surface area contributed by atoms with Crippen molar-refractivity contribution in [2.45, 2.75) is 19.7 Å². The van der Waals surface area contributed by atoms with E-state index in [0.29, 0.717) is 39.8 Å². The Labute approximate surface area is 205 Å². The van der Waals surface area contributed by atoms with Gasteiger partial charge in [0, 0.05) is 6.07 Å². The quantitative estimate of drug-likeness (QED) is 0.134. The van der Waals surface area contributed by atoms with E-state index in [2.05, 4.69) is 26.5 Å². The molecule has 3 aromatic carbocycles. The van der Waals surface area contributed by atoms with Gasteiger partial charge in [0.2, 0.25) is 0 Å². The second kappa shape index (κ2) is 11.2. The van der Waals surface area contributed by atoms with Crippen molar-refractivity contribution in [1.82, 2.24) is 0 Å². The van der Waals surface area contributed by atoms with E-state index in [9.17, 15) is 27.7 Å². The van der Waals surface area contributed by atoms with Crippen molar-refractivity contribution in [3.63, 3.8) is 0 Å².